The van der Waals surface area contributed by atoms with Crippen LogP contribution < -0.4 is 5.32 Å². The summed E-state index contributed by atoms with van der Waals surface area (Å²) in [5.74, 6) is -0.873. The first kappa shape index (κ1) is 13.4. The van der Waals surface area contributed by atoms with E-state index in [0.717, 1.165) is 10.6 Å². The normalized spacial score (nSPS) is 10.3. The van der Waals surface area contributed by atoms with Crippen LogP contribution in [-0.4, -0.2) is 11.1 Å². The minimum absolute atomic E-state index is 0.357. The number of aromatic carboxylic acids is 1. The molecule has 0 atom stereocenters. The van der Waals surface area contributed by atoms with E-state index in [-0.39, 0.29) is 0 Å². The molecule has 1 heterocycles. The number of aryl methyl sites for hydroxylation is 1. The van der Waals surface area contributed by atoms with E-state index in [9.17, 15) is 4.79 Å². The molecule has 1 aromatic carbocycles. The molecular weight excluding hydrogens is 361 g/mol. The molecule has 0 aliphatic carbocycles. The SMILES string of the molecule is Cc1ccc(NCc2cc(C(=O)O)cs2)cc1I. The number of carboxylic acid groups (broad SMARTS) is 1. The number of thiophene rings is 1. The fraction of sp³-hybridized carbons (Fsp3) is 0.154. The molecule has 0 fully saturated rings. The molecule has 0 unspecified atom stereocenters. The van der Waals surface area contributed by atoms with Crippen LogP contribution in [0.15, 0.2) is 29.6 Å². The molecule has 18 heavy (non-hydrogen) atoms. The average molecular weight is 373 g/mol. The number of hydrogen-bond acceptors (Lipinski definition) is 3. The van der Waals surface area contributed by atoms with Crippen LogP contribution in [0.4, 0.5) is 5.69 Å². The van der Waals surface area contributed by atoms with E-state index in [1.165, 1.54) is 20.5 Å². The Morgan fingerprint density at radius 2 is 2.22 bits per heavy atom. The minimum atomic E-state index is -0.873. The number of halogens is 1. The highest BCUT2D eigenvalue weighted by Gasteiger charge is 2.06. The number of carbonyl (C=O) groups is 1. The summed E-state index contributed by atoms with van der Waals surface area (Å²) in [5.41, 5.74) is 2.66. The second kappa shape index (κ2) is 5.71. The molecule has 0 saturated heterocycles. The molecule has 0 radical (unpaired) electrons. The fourth-order valence-corrected chi connectivity index (χ4v) is 2.79. The molecule has 5 heteroatoms. The predicted molar refractivity (Wildman–Crippen MR) is 82.5 cm³/mol. The number of benzene rings is 1. The highest BCUT2D eigenvalue weighted by Crippen LogP contribution is 2.20. The lowest BCUT2D eigenvalue weighted by Crippen LogP contribution is -1.98. The van der Waals surface area contributed by atoms with Gasteiger partial charge in [0.05, 0.1) is 5.56 Å². The first-order valence-electron chi connectivity index (χ1n) is 5.37. The topological polar surface area (TPSA) is 49.3 Å². The summed E-state index contributed by atoms with van der Waals surface area (Å²) in [4.78, 5) is 11.8. The van der Waals surface area contributed by atoms with E-state index in [0.29, 0.717) is 12.1 Å². The quantitative estimate of drug-likeness (QED) is 0.798. The maximum absolute atomic E-state index is 10.8. The van der Waals surface area contributed by atoms with E-state index < -0.39 is 5.97 Å². The highest BCUT2D eigenvalue weighted by molar-refractivity contribution is 14.1. The van der Waals surface area contributed by atoms with Crippen molar-refractivity contribution in [3.8, 4) is 0 Å². The number of hydrogen-bond donors (Lipinski definition) is 2. The van der Waals surface area contributed by atoms with Gasteiger partial charge < -0.3 is 10.4 Å². The van der Waals surface area contributed by atoms with Gasteiger partial charge in [-0.2, -0.15) is 0 Å². The number of nitrogens with one attached hydrogen (secondary N) is 1. The number of rotatable bonds is 4. The maximum atomic E-state index is 10.8. The summed E-state index contributed by atoms with van der Waals surface area (Å²) in [5, 5.41) is 13.8. The molecule has 0 saturated carbocycles. The molecule has 2 N–H and O–H groups in total. The van der Waals surface area contributed by atoms with Crippen molar-refractivity contribution in [3.05, 3.63) is 49.2 Å². The van der Waals surface area contributed by atoms with E-state index >= 15 is 0 Å². The third-order valence-corrected chi connectivity index (χ3v) is 4.64. The highest BCUT2D eigenvalue weighted by atomic mass is 127. The number of carboxylic acids is 1. The van der Waals surface area contributed by atoms with Crippen LogP contribution in [0.25, 0.3) is 0 Å². The van der Waals surface area contributed by atoms with Crippen LogP contribution in [0.3, 0.4) is 0 Å². The van der Waals surface area contributed by atoms with Crippen molar-refractivity contribution < 1.29 is 9.90 Å². The van der Waals surface area contributed by atoms with Gasteiger partial charge in [0, 0.05) is 26.1 Å². The van der Waals surface area contributed by atoms with Gasteiger partial charge in [0.25, 0.3) is 0 Å². The largest absolute Gasteiger partial charge is 0.478 e. The average Bonchev–Trinajstić information content (AvgIpc) is 2.79. The number of anilines is 1. The van der Waals surface area contributed by atoms with Gasteiger partial charge in [-0.3, -0.25) is 0 Å². The molecule has 3 nitrogen and oxygen atoms in total. The zero-order chi connectivity index (χ0) is 13.1. The van der Waals surface area contributed by atoms with Crippen LogP contribution in [0.1, 0.15) is 20.8 Å². The van der Waals surface area contributed by atoms with Crippen molar-refractivity contribution in [2.24, 2.45) is 0 Å². The zero-order valence-corrected chi connectivity index (χ0v) is 12.7. The van der Waals surface area contributed by atoms with Crippen molar-refractivity contribution in [2.75, 3.05) is 5.32 Å². The summed E-state index contributed by atoms with van der Waals surface area (Å²) >= 11 is 3.76. The van der Waals surface area contributed by atoms with Gasteiger partial charge in [-0.25, -0.2) is 4.79 Å². The molecule has 0 spiro atoms. The second-order valence-electron chi connectivity index (χ2n) is 3.92. The lowest BCUT2D eigenvalue weighted by atomic mass is 10.2. The Balaban J connectivity index is 2.02. The molecule has 1 aromatic heterocycles. The first-order chi connectivity index (χ1) is 8.56. The standard InChI is InChI=1S/C13H12INO2S/c1-8-2-3-10(5-12(8)14)15-6-11-4-9(7-18-11)13(16)17/h2-5,7,15H,6H2,1H3,(H,16,17). The van der Waals surface area contributed by atoms with Crippen LogP contribution in [0.2, 0.25) is 0 Å². The summed E-state index contributed by atoms with van der Waals surface area (Å²) in [7, 11) is 0. The van der Waals surface area contributed by atoms with Gasteiger partial charge in [0.1, 0.15) is 0 Å². The van der Waals surface area contributed by atoms with Crippen molar-refractivity contribution in [1.29, 1.82) is 0 Å². The Bertz CT molecular complexity index is 580. The van der Waals surface area contributed by atoms with Crippen molar-refractivity contribution in [3.63, 3.8) is 0 Å². The monoisotopic (exact) mass is 373 g/mol. The molecule has 0 amide bonds. The molecule has 2 aromatic rings. The van der Waals surface area contributed by atoms with Gasteiger partial charge in [-0.15, -0.1) is 11.3 Å². The molecule has 94 valence electrons. The van der Waals surface area contributed by atoms with Crippen molar-refractivity contribution in [1.82, 2.24) is 0 Å². The van der Waals surface area contributed by atoms with E-state index in [1.807, 2.05) is 6.07 Å². The third kappa shape index (κ3) is 3.23. The van der Waals surface area contributed by atoms with Gasteiger partial charge in [-0.1, -0.05) is 6.07 Å². The van der Waals surface area contributed by atoms with Crippen molar-refractivity contribution in [2.45, 2.75) is 13.5 Å². The Morgan fingerprint density at radius 3 is 2.83 bits per heavy atom. The molecule has 0 aliphatic rings. The molecule has 0 aliphatic heterocycles. The molecular formula is C13H12INO2S. The summed E-state index contributed by atoms with van der Waals surface area (Å²) in [6.45, 7) is 2.72. The predicted octanol–water partition coefficient (Wildman–Crippen LogP) is 3.97. The van der Waals surface area contributed by atoms with Gasteiger partial charge in [0.15, 0.2) is 0 Å². The fourth-order valence-electron chi connectivity index (χ4n) is 1.48. The first-order valence-corrected chi connectivity index (χ1v) is 7.33. The zero-order valence-electron chi connectivity index (χ0n) is 9.74. The third-order valence-electron chi connectivity index (χ3n) is 2.54. The van der Waals surface area contributed by atoms with Crippen LogP contribution in [-0.2, 0) is 6.54 Å². The Labute approximate surface area is 123 Å². The van der Waals surface area contributed by atoms with E-state index in [2.05, 4.69) is 47.0 Å². The lowest BCUT2D eigenvalue weighted by Gasteiger charge is -2.06. The summed E-state index contributed by atoms with van der Waals surface area (Å²) in [6.07, 6.45) is 0. The summed E-state index contributed by atoms with van der Waals surface area (Å²) in [6, 6.07) is 7.89. The van der Waals surface area contributed by atoms with Crippen molar-refractivity contribution >= 4 is 45.6 Å². The van der Waals surface area contributed by atoms with Crippen LogP contribution in [0.5, 0.6) is 0 Å². The summed E-state index contributed by atoms with van der Waals surface area (Å²) < 4.78 is 1.22. The van der Waals surface area contributed by atoms with Crippen LogP contribution in [0, 0.1) is 10.5 Å². The van der Waals surface area contributed by atoms with Gasteiger partial charge >= 0.3 is 5.97 Å². The van der Waals surface area contributed by atoms with Crippen LogP contribution >= 0.6 is 33.9 Å². The Kier molecular flexibility index (Phi) is 4.23. The van der Waals surface area contributed by atoms with Gasteiger partial charge in [0.2, 0.25) is 0 Å². The maximum Gasteiger partial charge on any atom is 0.336 e. The van der Waals surface area contributed by atoms with Gasteiger partial charge in [-0.05, 0) is 53.3 Å². The lowest BCUT2D eigenvalue weighted by molar-refractivity contribution is 0.0697. The van der Waals surface area contributed by atoms with E-state index in [1.54, 1.807) is 11.4 Å². The Hall–Kier alpha value is -1.08. The smallest absolute Gasteiger partial charge is 0.336 e. The van der Waals surface area contributed by atoms with E-state index in [4.69, 9.17) is 5.11 Å². The minimum Gasteiger partial charge on any atom is -0.478 e. The Morgan fingerprint density at radius 1 is 1.44 bits per heavy atom. The molecule has 0 bridgehead atoms. The second-order valence-corrected chi connectivity index (χ2v) is 6.08. The molecule has 2 rings (SSSR count).